The Morgan fingerprint density at radius 1 is 1.14 bits per heavy atom. The fraction of sp³-hybridized carbons (Fsp3) is 0.710. The van der Waals surface area contributed by atoms with E-state index < -0.39 is 35.9 Å². The average Bonchev–Trinajstić information content (AvgIpc) is 2.98. The summed E-state index contributed by atoms with van der Waals surface area (Å²) in [6, 6.07) is 10.4. The number of carbonyl (C=O) groups excluding carboxylic acids is 1. The number of allylic oxidation sites excluding steroid dienone is 1. The second kappa shape index (κ2) is 15.0. The second-order valence-corrected chi connectivity index (χ2v) is 14.2. The summed E-state index contributed by atoms with van der Waals surface area (Å²) in [6.45, 7) is 8.64. The molecule has 0 spiro atoms. The molecule has 0 aliphatic carbocycles. The Morgan fingerprint density at radius 3 is 2.55 bits per heavy atom. The van der Waals surface area contributed by atoms with E-state index in [1.165, 1.54) is 4.46 Å². The van der Waals surface area contributed by atoms with Crippen LogP contribution < -0.4 is 9.78 Å². The van der Waals surface area contributed by atoms with Crippen LogP contribution in [0, 0.1) is 17.3 Å². The fourth-order valence-electron chi connectivity index (χ4n) is 6.00. The van der Waals surface area contributed by atoms with Crippen LogP contribution in [0.2, 0.25) is 5.32 Å². The third kappa shape index (κ3) is 7.57. The molecule has 1 amide bonds. The minimum absolute atomic E-state index is 0.0477. The van der Waals surface area contributed by atoms with Crippen molar-refractivity contribution < 1.29 is 43.1 Å². The number of hydrogen-bond acceptors (Lipinski definition) is 9. The van der Waals surface area contributed by atoms with E-state index in [9.17, 15) is 9.90 Å². The number of ether oxygens (including phenoxy) is 7. The predicted molar refractivity (Wildman–Crippen MR) is 157 cm³/mol. The SMILES string of the molecule is COC[C@H](C[C@H]1O[C@H]2[C@H](OCO[C@H]2NC(=O)C(O)C2=C[C@@H](C[Se]c3ccccc3)[C@@H](C)[C@@H](C)O2)[C@@H](OC)C1(C)C)OC. The van der Waals surface area contributed by atoms with E-state index >= 15 is 0 Å². The Hall–Kier alpha value is -1.53. The zero-order valence-electron chi connectivity index (χ0n) is 25.7. The summed E-state index contributed by atoms with van der Waals surface area (Å²) in [4.78, 5) is 13.4. The van der Waals surface area contributed by atoms with Gasteiger partial charge in [-0.3, -0.25) is 0 Å². The van der Waals surface area contributed by atoms with E-state index in [1.807, 2.05) is 19.1 Å². The number of aliphatic hydroxyl groups excluding tert-OH is 1. The molecule has 0 radical (unpaired) electrons. The van der Waals surface area contributed by atoms with Crippen LogP contribution in [-0.2, 0) is 38.0 Å². The van der Waals surface area contributed by atoms with Gasteiger partial charge in [-0.2, -0.15) is 0 Å². The normalized spacial score (nSPS) is 34.0. The Bertz CT molecular complexity index is 1040. The van der Waals surface area contributed by atoms with Crippen molar-refractivity contribution in [1.82, 2.24) is 5.32 Å². The van der Waals surface area contributed by atoms with Crippen LogP contribution in [0.25, 0.3) is 0 Å². The molecule has 10 nitrogen and oxygen atoms in total. The van der Waals surface area contributed by atoms with E-state index in [0.29, 0.717) is 13.0 Å². The zero-order valence-corrected chi connectivity index (χ0v) is 27.4. The second-order valence-electron chi connectivity index (χ2n) is 11.9. The number of benzene rings is 1. The molecule has 236 valence electrons. The zero-order chi connectivity index (χ0) is 30.4. The van der Waals surface area contributed by atoms with E-state index in [2.05, 4.69) is 50.4 Å². The third-order valence-electron chi connectivity index (χ3n) is 8.83. The first kappa shape index (κ1) is 33.4. The molecule has 3 aliphatic heterocycles. The van der Waals surface area contributed by atoms with Crippen LogP contribution in [0.3, 0.4) is 0 Å². The summed E-state index contributed by atoms with van der Waals surface area (Å²) in [5.41, 5.74) is -0.435. The van der Waals surface area contributed by atoms with Crippen molar-refractivity contribution in [2.75, 3.05) is 34.7 Å². The van der Waals surface area contributed by atoms with E-state index in [0.717, 1.165) is 5.32 Å². The monoisotopic (exact) mass is 657 g/mol. The van der Waals surface area contributed by atoms with Gasteiger partial charge in [-0.25, -0.2) is 0 Å². The van der Waals surface area contributed by atoms with Gasteiger partial charge in [0.25, 0.3) is 0 Å². The fourth-order valence-corrected chi connectivity index (χ4v) is 8.38. The van der Waals surface area contributed by atoms with Gasteiger partial charge in [-0.1, -0.05) is 13.8 Å². The van der Waals surface area contributed by atoms with Crippen LogP contribution >= 0.6 is 0 Å². The van der Waals surface area contributed by atoms with Crippen molar-refractivity contribution in [3.8, 4) is 0 Å². The predicted octanol–water partition coefficient (Wildman–Crippen LogP) is 2.03. The van der Waals surface area contributed by atoms with Gasteiger partial charge in [-0.05, 0) is 0 Å². The van der Waals surface area contributed by atoms with Crippen LogP contribution in [0.4, 0.5) is 0 Å². The molecule has 0 bridgehead atoms. The first-order valence-electron chi connectivity index (χ1n) is 14.6. The van der Waals surface area contributed by atoms with Crippen molar-refractivity contribution in [3.63, 3.8) is 0 Å². The molecule has 0 saturated carbocycles. The number of aliphatic hydroxyl groups is 1. The molecular weight excluding hydrogens is 609 g/mol. The van der Waals surface area contributed by atoms with Gasteiger partial charge in [0.2, 0.25) is 0 Å². The van der Waals surface area contributed by atoms with Gasteiger partial charge in [0.1, 0.15) is 0 Å². The van der Waals surface area contributed by atoms with Gasteiger partial charge in [-0.15, -0.1) is 0 Å². The molecule has 2 N–H and O–H groups in total. The number of amides is 1. The number of carbonyl (C=O) groups is 1. The molecule has 1 aromatic carbocycles. The summed E-state index contributed by atoms with van der Waals surface area (Å²) in [5.74, 6) is 0.0960. The van der Waals surface area contributed by atoms with Crippen molar-refractivity contribution in [1.29, 1.82) is 0 Å². The summed E-state index contributed by atoms with van der Waals surface area (Å²) in [5, 5.41) is 14.9. The summed E-state index contributed by atoms with van der Waals surface area (Å²) in [6.07, 6.45) is -2.00. The molecule has 0 aromatic heterocycles. The molecule has 10 atom stereocenters. The quantitative estimate of drug-likeness (QED) is 0.327. The van der Waals surface area contributed by atoms with Crippen LogP contribution in [0.15, 0.2) is 42.2 Å². The van der Waals surface area contributed by atoms with E-state index in [4.69, 9.17) is 33.2 Å². The minimum Gasteiger partial charge on any atom is -0.379 e. The molecule has 1 unspecified atom stereocenters. The maximum atomic E-state index is 13.4. The number of nitrogens with one attached hydrogen (secondary N) is 1. The Balaban J connectivity index is 1.46. The molecule has 1 aromatic rings. The standard InChI is InChI=1S/C31H47NO9Se/c1-18-19(2)40-23(13-20(18)16-42-22-11-9-8-10-12-22)25(33)29(34)32-30-27-26(38-17-39-30)28(37-7)31(3,4)24(41-27)14-21(36-6)15-35-5/h8-13,18-21,24-28,30,33H,14-17H2,1-7H3,(H,32,34)/t18-,19+,20-,21-,24+,25?,26-,27-,28+,30+/m0/s1. The number of fused-ring (bicyclic) bond motifs is 1. The van der Waals surface area contributed by atoms with E-state index in [-0.39, 0.29) is 63.8 Å². The Morgan fingerprint density at radius 2 is 1.88 bits per heavy atom. The van der Waals surface area contributed by atoms with Crippen molar-refractivity contribution in [2.45, 2.75) is 88.4 Å². The molecule has 42 heavy (non-hydrogen) atoms. The minimum atomic E-state index is -1.48. The molecule has 11 heteroatoms. The third-order valence-corrected chi connectivity index (χ3v) is 11.3. The van der Waals surface area contributed by atoms with Gasteiger partial charge < -0.3 is 9.47 Å². The van der Waals surface area contributed by atoms with Gasteiger partial charge in [0, 0.05) is 21.3 Å². The van der Waals surface area contributed by atoms with E-state index in [1.54, 1.807) is 21.3 Å². The van der Waals surface area contributed by atoms with Crippen LogP contribution in [0.5, 0.6) is 0 Å². The number of hydrogen-bond donors (Lipinski definition) is 2. The first-order valence-corrected chi connectivity index (χ1v) is 16.6. The topological polar surface area (TPSA) is 114 Å². The van der Waals surface area contributed by atoms with Gasteiger partial charge >= 0.3 is 199 Å². The van der Waals surface area contributed by atoms with Crippen molar-refractivity contribution in [3.05, 3.63) is 42.2 Å². The molecule has 3 heterocycles. The summed E-state index contributed by atoms with van der Waals surface area (Å²) >= 11 is 0.266. The number of rotatable bonds is 12. The molecular formula is C31H47NO9Se. The molecule has 2 saturated heterocycles. The summed E-state index contributed by atoms with van der Waals surface area (Å²) in [7, 11) is 4.92. The number of methoxy groups -OCH3 is 3. The Labute approximate surface area is 255 Å². The first-order chi connectivity index (χ1) is 20.1. The molecule has 3 aliphatic rings. The van der Waals surface area contributed by atoms with Crippen LogP contribution in [-0.4, -0.2) is 110 Å². The molecule has 2 fully saturated rings. The van der Waals surface area contributed by atoms with Gasteiger partial charge in [0.15, 0.2) is 0 Å². The van der Waals surface area contributed by atoms with Crippen molar-refractivity contribution >= 4 is 25.3 Å². The van der Waals surface area contributed by atoms with Crippen molar-refractivity contribution in [2.24, 2.45) is 17.3 Å². The smallest absolute Gasteiger partial charge is 0.379 e. The van der Waals surface area contributed by atoms with Gasteiger partial charge in [0.05, 0.1) is 12.7 Å². The molecule has 4 rings (SSSR count). The average molecular weight is 657 g/mol. The van der Waals surface area contributed by atoms with Crippen LogP contribution in [0.1, 0.15) is 34.1 Å². The Kier molecular flexibility index (Phi) is 11.9. The maximum absolute atomic E-state index is 13.4. The summed E-state index contributed by atoms with van der Waals surface area (Å²) < 4.78 is 42.6.